The van der Waals surface area contributed by atoms with Gasteiger partial charge >= 0.3 is 0 Å². The first-order chi connectivity index (χ1) is 7.34. The molecule has 1 aromatic carbocycles. The molecule has 1 N–H and O–H groups in total. The van der Waals surface area contributed by atoms with Crippen molar-refractivity contribution in [3.05, 3.63) is 54.4 Å². The Morgan fingerprint density at radius 1 is 1.13 bits per heavy atom. The summed E-state index contributed by atoms with van der Waals surface area (Å²) in [6, 6.07) is 12.7. The third-order valence-electron chi connectivity index (χ3n) is 1.87. The van der Waals surface area contributed by atoms with Gasteiger partial charge in [-0.25, -0.2) is 0 Å². The molecule has 0 aliphatic rings. The van der Waals surface area contributed by atoms with E-state index in [1.807, 2.05) is 30.3 Å². The predicted octanol–water partition coefficient (Wildman–Crippen LogP) is 2.54. The van der Waals surface area contributed by atoms with Gasteiger partial charge in [-0.15, -0.1) is 0 Å². The molecule has 0 bridgehead atoms. The quantitative estimate of drug-likeness (QED) is 0.753. The monoisotopic (exact) mass is 198 g/mol. The highest BCUT2D eigenvalue weighted by Crippen LogP contribution is 2.11. The number of aromatic nitrogens is 1. The van der Waals surface area contributed by atoms with Crippen LogP contribution in [0.5, 0.6) is 5.75 Å². The lowest BCUT2D eigenvalue weighted by molar-refractivity contribution is 0.474. The number of aliphatic imine (C=N–C) groups is 1. The van der Waals surface area contributed by atoms with E-state index in [2.05, 4.69) is 9.98 Å². The van der Waals surface area contributed by atoms with Crippen molar-refractivity contribution < 1.29 is 5.11 Å². The SMILES string of the molecule is Oc1ccnc(/C=N/c2ccccc2)c1. The van der Waals surface area contributed by atoms with Crippen LogP contribution < -0.4 is 0 Å². The van der Waals surface area contributed by atoms with Gasteiger partial charge in [0, 0.05) is 12.3 Å². The average Bonchev–Trinajstić information content (AvgIpc) is 2.28. The second-order valence-electron chi connectivity index (χ2n) is 3.03. The smallest absolute Gasteiger partial charge is 0.119 e. The first kappa shape index (κ1) is 9.40. The minimum absolute atomic E-state index is 0.194. The van der Waals surface area contributed by atoms with Crippen LogP contribution in [-0.2, 0) is 0 Å². The van der Waals surface area contributed by atoms with E-state index in [1.54, 1.807) is 18.5 Å². The van der Waals surface area contributed by atoms with Gasteiger partial charge in [-0.3, -0.25) is 9.98 Å². The van der Waals surface area contributed by atoms with Crippen molar-refractivity contribution in [2.75, 3.05) is 0 Å². The molecule has 1 heterocycles. The molecule has 0 spiro atoms. The lowest BCUT2D eigenvalue weighted by Gasteiger charge is -1.94. The van der Waals surface area contributed by atoms with E-state index in [0.717, 1.165) is 5.69 Å². The minimum Gasteiger partial charge on any atom is -0.508 e. The Balaban J connectivity index is 2.19. The first-order valence-electron chi connectivity index (χ1n) is 4.59. The molecule has 74 valence electrons. The van der Waals surface area contributed by atoms with Crippen molar-refractivity contribution in [3.8, 4) is 5.75 Å². The fourth-order valence-corrected chi connectivity index (χ4v) is 1.16. The molecule has 0 amide bonds. The minimum atomic E-state index is 0.194. The molecule has 0 unspecified atom stereocenters. The second-order valence-corrected chi connectivity index (χ2v) is 3.03. The first-order valence-corrected chi connectivity index (χ1v) is 4.59. The molecule has 0 radical (unpaired) electrons. The molecule has 0 fully saturated rings. The highest BCUT2D eigenvalue weighted by molar-refractivity contribution is 5.79. The van der Waals surface area contributed by atoms with Gasteiger partial charge in [0.15, 0.2) is 0 Å². The van der Waals surface area contributed by atoms with Crippen molar-refractivity contribution in [1.29, 1.82) is 0 Å². The Kier molecular flexibility index (Phi) is 2.74. The van der Waals surface area contributed by atoms with Crippen LogP contribution in [0.15, 0.2) is 53.7 Å². The number of benzene rings is 1. The van der Waals surface area contributed by atoms with Gasteiger partial charge in [0.05, 0.1) is 17.6 Å². The van der Waals surface area contributed by atoms with Crippen LogP contribution in [0.25, 0.3) is 0 Å². The third kappa shape index (κ3) is 2.64. The number of aromatic hydroxyl groups is 1. The summed E-state index contributed by atoms with van der Waals surface area (Å²) in [5.74, 6) is 0.194. The summed E-state index contributed by atoms with van der Waals surface area (Å²) in [6.45, 7) is 0. The van der Waals surface area contributed by atoms with Gasteiger partial charge in [-0.1, -0.05) is 18.2 Å². The van der Waals surface area contributed by atoms with Gasteiger partial charge in [-0.2, -0.15) is 0 Å². The maximum atomic E-state index is 9.21. The molecular weight excluding hydrogens is 188 g/mol. The number of nitrogens with zero attached hydrogens (tertiary/aromatic N) is 2. The van der Waals surface area contributed by atoms with E-state index < -0.39 is 0 Å². The van der Waals surface area contributed by atoms with Gasteiger partial charge < -0.3 is 5.11 Å². The molecule has 3 nitrogen and oxygen atoms in total. The third-order valence-corrected chi connectivity index (χ3v) is 1.87. The zero-order valence-corrected chi connectivity index (χ0v) is 8.04. The van der Waals surface area contributed by atoms with Crippen LogP contribution in [0.2, 0.25) is 0 Å². The molecular formula is C12H10N2O. The zero-order chi connectivity index (χ0) is 10.5. The summed E-state index contributed by atoms with van der Waals surface area (Å²) in [4.78, 5) is 8.26. The van der Waals surface area contributed by atoms with E-state index in [9.17, 15) is 5.11 Å². The standard InChI is InChI=1S/C12H10N2O/c15-12-6-7-13-11(8-12)9-14-10-4-2-1-3-5-10/h1-9H,(H,13,15)/b14-9+. The van der Waals surface area contributed by atoms with E-state index in [0.29, 0.717) is 5.69 Å². The maximum absolute atomic E-state index is 9.21. The highest BCUT2D eigenvalue weighted by atomic mass is 16.3. The fraction of sp³-hybridized carbons (Fsp3) is 0. The van der Waals surface area contributed by atoms with Crippen LogP contribution in [0.3, 0.4) is 0 Å². The Morgan fingerprint density at radius 3 is 2.67 bits per heavy atom. The van der Waals surface area contributed by atoms with E-state index >= 15 is 0 Å². The average molecular weight is 198 g/mol. The molecule has 3 heteroatoms. The van der Waals surface area contributed by atoms with Gasteiger partial charge in [0.25, 0.3) is 0 Å². The number of pyridine rings is 1. The van der Waals surface area contributed by atoms with E-state index in [1.165, 1.54) is 6.07 Å². The lowest BCUT2D eigenvalue weighted by Crippen LogP contribution is -1.84. The van der Waals surface area contributed by atoms with Crippen molar-refractivity contribution in [3.63, 3.8) is 0 Å². The van der Waals surface area contributed by atoms with Crippen LogP contribution in [0.1, 0.15) is 5.69 Å². The van der Waals surface area contributed by atoms with Gasteiger partial charge in [0.2, 0.25) is 0 Å². The number of hydrogen-bond acceptors (Lipinski definition) is 3. The summed E-state index contributed by atoms with van der Waals surface area (Å²) in [5.41, 5.74) is 1.50. The summed E-state index contributed by atoms with van der Waals surface area (Å²) < 4.78 is 0. The lowest BCUT2D eigenvalue weighted by atomic mass is 10.3. The zero-order valence-electron chi connectivity index (χ0n) is 8.04. The van der Waals surface area contributed by atoms with E-state index in [4.69, 9.17) is 0 Å². The molecule has 0 saturated heterocycles. The van der Waals surface area contributed by atoms with Gasteiger partial charge in [-0.05, 0) is 18.2 Å². The fourth-order valence-electron chi connectivity index (χ4n) is 1.16. The number of hydrogen-bond donors (Lipinski definition) is 1. The molecule has 1 aromatic heterocycles. The number of para-hydroxylation sites is 1. The van der Waals surface area contributed by atoms with Gasteiger partial charge in [0.1, 0.15) is 5.75 Å². The summed E-state index contributed by atoms with van der Waals surface area (Å²) >= 11 is 0. The summed E-state index contributed by atoms with van der Waals surface area (Å²) in [6.07, 6.45) is 3.16. The Bertz CT molecular complexity index is 466. The molecule has 2 rings (SSSR count). The summed E-state index contributed by atoms with van der Waals surface area (Å²) in [5, 5.41) is 9.21. The molecule has 0 atom stereocenters. The Morgan fingerprint density at radius 2 is 1.93 bits per heavy atom. The molecule has 0 aliphatic heterocycles. The molecule has 0 saturated carbocycles. The van der Waals surface area contributed by atoms with Crippen molar-refractivity contribution in [2.24, 2.45) is 4.99 Å². The van der Waals surface area contributed by atoms with Crippen LogP contribution in [0, 0.1) is 0 Å². The van der Waals surface area contributed by atoms with Crippen molar-refractivity contribution in [2.45, 2.75) is 0 Å². The van der Waals surface area contributed by atoms with Crippen molar-refractivity contribution in [1.82, 2.24) is 4.98 Å². The second kappa shape index (κ2) is 4.37. The Hall–Kier alpha value is -2.16. The normalized spacial score (nSPS) is 10.7. The molecule has 15 heavy (non-hydrogen) atoms. The van der Waals surface area contributed by atoms with Crippen LogP contribution in [0.4, 0.5) is 5.69 Å². The highest BCUT2D eigenvalue weighted by Gasteiger charge is 1.91. The molecule has 0 aliphatic carbocycles. The molecule has 2 aromatic rings. The predicted molar refractivity (Wildman–Crippen MR) is 59.6 cm³/mol. The topological polar surface area (TPSA) is 45.5 Å². The summed E-state index contributed by atoms with van der Waals surface area (Å²) in [7, 11) is 0. The van der Waals surface area contributed by atoms with E-state index in [-0.39, 0.29) is 5.75 Å². The van der Waals surface area contributed by atoms with Crippen molar-refractivity contribution >= 4 is 11.9 Å². The maximum Gasteiger partial charge on any atom is 0.119 e. The van der Waals surface area contributed by atoms with Crippen LogP contribution >= 0.6 is 0 Å². The van der Waals surface area contributed by atoms with Crippen LogP contribution in [-0.4, -0.2) is 16.3 Å². The largest absolute Gasteiger partial charge is 0.508 e. The Labute approximate surface area is 87.8 Å². The number of rotatable bonds is 2.